The van der Waals surface area contributed by atoms with Crippen LogP contribution in [0.25, 0.3) is 0 Å². The van der Waals surface area contributed by atoms with Gasteiger partial charge in [0.1, 0.15) is 0 Å². The molecule has 0 radical (unpaired) electrons. The first-order valence-corrected chi connectivity index (χ1v) is 5.99. The second-order valence-electron chi connectivity index (χ2n) is 4.85. The van der Waals surface area contributed by atoms with E-state index in [9.17, 15) is 0 Å². The van der Waals surface area contributed by atoms with E-state index in [1.165, 1.54) is 25.7 Å². The van der Waals surface area contributed by atoms with Gasteiger partial charge in [-0.2, -0.15) is 0 Å². The van der Waals surface area contributed by atoms with Crippen molar-refractivity contribution in [2.75, 3.05) is 19.0 Å². The van der Waals surface area contributed by atoms with E-state index in [4.69, 9.17) is 11.6 Å². The molecule has 78 valence electrons. The molecule has 1 aliphatic carbocycles. The van der Waals surface area contributed by atoms with Crippen molar-refractivity contribution in [1.29, 1.82) is 0 Å². The molecular formula is C11H22ClN. The molecule has 1 aliphatic rings. The van der Waals surface area contributed by atoms with E-state index in [-0.39, 0.29) is 0 Å². The van der Waals surface area contributed by atoms with Gasteiger partial charge in [0.15, 0.2) is 0 Å². The average molecular weight is 204 g/mol. The Balaban J connectivity index is 1.90. The minimum atomic E-state index is 0.486. The molecule has 0 amide bonds. The SMILES string of the molecule is CC(C)CCCNCC1(CCl)CC1. The Hall–Kier alpha value is 0.250. The van der Waals surface area contributed by atoms with Gasteiger partial charge in [0, 0.05) is 12.4 Å². The third kappa shape index (κ3) is 4.33. The lowest BCUT2D eigenvalue weighted by Crippen LogP contribution is -2.26. The summed E-state index contributed by atoms with van der Waals surface area (Å²) in [5, 5.41) is 3.51. The van der Waals surface area contributed by atoms with Crippen molar-refractivity contribution < 1.29 is 0 Å². The van der Waals surface area contributed by atoms with Crippen LogP contribution in [0.4, 0.5) is 0 Å². The molecule has 0 aromatic heterocycles. The monoisotopic (exact) mass is 203 g/mol. The van der Waals surface area contributed by atoms with E-state index in [0.29, 0.717) is 5.41 Å². The van der Waals surface area contributed by atoms with E-state index in [1.807, 2.05) is 0 Å². The number of rotatable bonds is 7. The molecule has 0 heterocycles. The number of halogens is 1. The summed E-state index contributed by atoms with van der Waals surface area (Å²) >= 11 is 5.88. The molecule has 0 spiro atoms. The number of hydrogen-bond donors (Lipinski definition) is 1. The Morgan fingerprint density at radius 1 is 1.38 bits per heavy atom. The van der Waals surface area contributed by atoms with Gasteiger partial charge in [-0.15, -0.1) is 11.6 Å². The largest absolute Gasteiger partial charge is 0.316 e. The van der Waals surface area contributed by atoms with E-state index < -0.39 is 0 Å². The summed E-state index contributed by atoms with van der Waals surface area (Å²) in [6.45, 7) is 6.85. The van der Waals surface area contributed by atoms with Gasteiger partial charge in [0.05, 0.1) is 0 Å². The van der Waals surface area contributed by atoms with Crippen LogP contribution < -0.4 is 5.32 Å². The second kappa shape index (κ2) is 5.21. The lowest BCUT2D eigenvalue weighted by atomic mass is 10.1. The molecule has 0 saturated heterocycles. The molecule has 0 unspecified atom stereocenters. The van der Waals surface area contributed by atoms with E-state index in [2.05, 4.69) is 19.2 Å². The zero-order valence-corrected chi connectivity index (χ0v) is 9.66. The highest BCUT2D eigenvalue weighted by molar-refractivity contribution is 6.18. The summed E-state index contributed by atoms with van der Waals surface area (Å²) in [5.41, 5.74) is 0.486. The third-order valence-electron chi connectivity index (χ3n) is 2.88. The van der Waals surface area contributed by atoms with Gasteiger partial charge in [-0.3, -0.25) is 0 Å². The van der Waals surface area contributed by atoms with Crippen molar-refractivity contribution in [3.05, 3.63) is 0 Å². The fraction of sp³-hybridized carbons (Fsp3) is 1.00. The zero-order chi connectivity index (χ0) is 9.73. The van der Waals surface area contributed by atoms with E-state index in [0.717, 1.165) is 24.9 Å². The lowest BCUT2D eigenvalue weighted by molar-refractivity contribution is 0.474. The van der Waals surface area contributed by atoms with Gasteiger partial charge >= 0.3 is 0 Å². The van der Waals surface area contributed by atoms with Gasteiger partial charge < -0.3 is 5.32 Å². The van der Waals surface area contributed by atoms with Gasteiger partial charge in [-0.1, -0.05) is 13.8 Å². The molecule has 1 nitrogen and oxygen atoms in total. The molecule has 0 atom stereocenters. The first kappa shape index (κ1) is 11.3. The van der Waals surface area contributed by atoms with Crippen LogP contribution in [0.15, 0.2) is 0 Å². The Morgan fingerprint density at radius 2 is 2.08 bits per heavy atom. The molecule has 0 aliphatic heterocycles. The highest BCUT2D eigenvalue weighted by Crippen LogP contribution is 2.45. The summed E-state index contributed by atoms with van der Waals surface area (Å²) in [4.78, 5) is 0. The molecule has 0 aromatic rings. The number of alkyl halides is 1. The summed E-state index contributed by atoms with van der Waals surface area (Å²) in [5.74, 6) is 1.68. The van der Waals surface area contributed by atoms with Crippen molar-refractivity contribution in [2.24, 2.45) is 11.3 Å². The molecule has 1 rings (SSSR count). The van der Waals surface area contributed by atoms with Crippen LogP contribution in [-0.2, 0) is 0 Å². The summed E-state index contributed by atoms with van der Waals surface area (Å²) in [6.07, 6.45) is 5.29. The van der Waals surface area contributed by atoms with Crippen LogP contribution in [0, 0.1) is 11.3 Å². The molecule has 1 saturated carbocycles. The maximum atomic E-state index is 5.88. The van der Waals surface area contributed by atoms with Gasteiger partial charge in [0.25, 0.3) is 0 Å². The number of nitrogens with one attached hydrogen (secondary N) is 1. The highest BCUT2D eigenvalue weighted by Gasteiger charge is 2.40. The van der Waals surface area contributed by atoms with Gasteiger partial charge in [-0.05, 0) is 43.6 Å². The van der Waals surface area contributed by atoms with Crippen LogP contribution in [0.2, 0.25) is 0 Å². The van der Waals surface area contributed by atoms with Crippen LogP contribution in [0.3, 0.4) is 0 Å². The molecule has 1 fully saturated rings. The summed E-state index contributed by atoms with van der Waals surface area (Å²) in [7, 11) is 0. The Kier molecular flexibility index (Phi) is 4.54. The van der Waals surface area contributed by atoms with Crippen molar-refractivity contribution in [1.82, 2.24) is 5.32 Å². The topological polar surface area (TPSA) is 12.0 Å². The van der Waals surface area contributed by atoms with Crippen molar-refractivity contribution in [3.63, 3.8) is 0 Å². The molecule has 13 heavy (non-hydrogen) atoms. The lowest BCUT2D eigenvalue weighted by Gasteiger charge is -2.12. The quantitative estimate of drug-likeness (QED) is 0.496. The fourth-order valence-electron chi connectivity index (χ4n) is 1.52. The Labute approximate surface area is 87.2 Å². The summed E-state index contributed by atoms with van der Waals surface area (Å²) in [6, 6.07) is 0. The van der Waals surface area contributed by atoms with Gasteiger partial charge in [-0.25, -0.2) is 0 Å². The standard InChI is InChI=1S/C11H22ClN/c1-10(2)4-3-7-13-9-11(8-12)5-6-11/h10,13H,3-9H2,1-2H3. The maximum Gasteiger partial charge on any atom is 0.0292 e. The molecule has 1 N–H and O–H groups in total. The Bertz CT molecular complexity index is 141. The summed E-state index contributed by atoms with van der Waals surface area (Å²) < 4.78 is 0. The minimum absolute atomic E-state index is 0.486. The number of hydrogen-bond acceptors (Lipinski definition) is 1. The fourth-order valence-corrected chi connectivity index (χ4v) is 1.89. The maximum absolute atomic E-state index is 5.88. The molecule has 0 aromatic carbocycles. The van der Waals surface area contributed by atoms with Crippen molar-refractivity contribution in [3.8, 4) is 0 Å². The van der Waals surface area contributed by atoms with Crippen LogP contribution in [0.1, 0.15) is 39.5 Å². The first-order chi connectivity index (χ1) is 6.18. The smallest absolute Gasteiger partial charge is 0.0292 e. The average Bonchev–Trinajstić information content (AvgIpc) is 2.84. The van der Waals surface area contributed by atoms with Crippen LogP contribution >= 0.6 is 11.6 Å². The molecular weight excluding hydrogens is 182 g/mol. The molecule has 0 bridgehead atoms. The highest BCUT2D eigenvalue weighted by atomic mass is 35.5. The van der Waals surface area contributed by atoms with Gasteiger partial charge in [0.2, 0.25) is 0 Å². The predicted octanol–water partition coefficient (Wildman–Crippen LogP) is 3.03. The first-order valence-electron chi connectivity index (χ1n) is 5.45. The minimum Gasteiger partial charge on any atom is -0.316 e. The van der Waals surface area contributed by atoms with Crippen molar-refractivity contribution >= 4 is 11.6 Å². The van der Waals surface area contributed by atoms with Crippen LogP contribution in [0.5, 0.6) is 0 Å². The van der Waals surface area contributed by atoms with E-state index >= 15 is 0 Å². The Morgan fingerprint density at radius 3 is 2.54 bits per heavy atom. The normalized spacial score (nSPS) is 19.4. The molecule has 2 heteroatoms. The third-order valence-corrected chi connectivity index (χ3v) is 3.44. The van der Waals surface area contributed by atoms with E-state index in [1.54, 1.807) is 0 Å². The second-order valence-corrected chi connectivity index (χ2v) is 5.11. The predicted molar refractivity (Wildman–Crippen MR) is 59.3 cm³/mol. The van der Waals surface area contributed by atoms with Crippen LogP contribution in [-0.4, -0.2) is 19.0 Å². The zero-order valence-electron chi connectivity index (χ0n) is 8.91. The van der Waals surface area contributed by atoms with Crippen molar-refractivity contribution in [2.45, 2.75) is 39.5 Å².